The first-order valence-electron chi connectivity index (χ1n) is 9.94. The van der Waals surface area contributed by atoms with Crippen LogP contribution in [-0.4, -0.2) is 43.7 Å². The molecule has 1 saturated heterocycles. The third-order valence-electron chi connectivity index (χ3n) is 5.27. The lowest BCUT2D eigenvalue weighted by molar-refractivity contribution is -0.137. The van der Waals surface area contributed by atoms with E-state index in [1.165, 1.54) is 18.2 Å². The zero-order chi connectivity index (χ0) is 22.4. The van der Waals surface area contributed by atoms with E-state index in [9.17, 15) is 26.7 Å². The smallest absolute Gasteiger partial charge is 0.379 e. The van der Waals surface area contributed by atoms with Crippen LogP contribution in [0, 0.1) is 11.6 Å². The van der Waals surface area contributed by atoms with Crippen molar-refractivity contribution < 1.29 is 31.5 Å². The molecule has 1 aliphatic heterocycles. The van der Waals surface area contributed by atoms with Gasteiger partial charge in [-0.1, -0.05) is 18.2 Å². The number of amides is 1. The average molecular weight is 442 g/mol. The van der Waals surface area contributed by atoms with E-state index in [1.54, 1.807) is 0 Å². The van der Waals surface area contributed by atoms with Crippen molar-refractivity contribution in [3.05, 3.63) is 70.8 Å². The highest BCUT2D eigenvalue weighted by atomic mass is 19.4. The van der Waals surface area contributed by atoms with Gasteiger partial charge in [0.25, 0.3) is 0 Å². The summed E-state index contributed by atoms with van der Waals surface area (Å²) in [4.78, 5) is 14.3. The highest BCUT2D eigenvalue weighted by Crippen LogP contribution is 2.31. The van der Waals surface area contributed by atoms with Gasteiger partial charge >= 0.3 is 6.18 Å². The first-order valence-corrected chi connectivity index (χ1v) is 9.94. The molecule has 1 aliphatic rings. The predicted octanol–water partition coefficient (Wildman–Crippen LogP) is 4.11. The Kier molecular flexibility index (Phi) is 7.61. The molecular formula is C22H23F5N2O2. The van der Waals surface area contributed by atoms with Crippen LogP contribution in [0.5, 0.6) is 0 Å². The van der Waals surface area contributed by atoms with Gasteiger partial charge in [0.1, 0.15) is 11.6 Å². The number of morpholine rings is 1. The molecule has 1 fully saturated rings. The number of rotatable bonds is 7. The highest BCUT2D eigenvalue weighted by Gasteiger charge is 2.31. The molecule has 1 heterocycles. The van der Waals surface area contributed by atoms with E-state index >= 15 is 0 Å². The summed E-state index contributed by atoms with van der Waals surface area (Å²) in [5, 5.41) is 2.74. The summed E-state index contributed by atoms with van der Waals surface area (Å²) in [5.74, 6) is -1.81. The van der Waals surface area contributed by atoms with Crippen molar-refractivity contribution in [1.29, 1.82) is 0 Å². The minimum atomic E-state index is -4.43. The number of hydrogen-bond donors (Lipinski definition) is 1. The highest BCUT2D eigenvalue weighted by molar-refractivity contribution is 5.76. The first kappa shape index (κ1) is 23.1. The minimum Gasteiger partial charge on any atom is -0.379 e. The second kappa shape index (κ2) is 10.2. The molecule has 1 amide bonds. The largest absolute Gasteiger partial charge is 0.416 e. The van der Waals surface area contributed by atoms with E-state index in [2.05, 4.69) is 5.32 Å². The SMILES string of the molecule is O=C(CCc1c(F)cccc1F)NCC(c1ccc(C(F)(F)F)cc1)N1CCOCC1. The Morgan fingerprint density at radius 1 is 1.03 bits per heavy atom. The summed E-state index contributed by atoms with van der Waals surface area (Å²) in [5.41, 5.74) is -0.256. The van der Waals surface area contributed by atoms with Crippen molar-refractivity contribution in [2.24, 2.45) is 0 Å². The minimum absolute atomic E-state index is 0.0904. The molecule has 0 aliphatic carbocycles. The van der Waals surface area contributed by atoms with Crippen molar-refractivity contribution in [3.8, 4) is 0 Å². The van der Waals surface area contributed by atoms with Crippen LogP contribution in [-0.2, 0) is 22.1 Å². The maximum absolute atomic E-state index is 13.7. The fourth-order valence-electron chi connectivity index (χ4n) is 3.55. The third-order valence-corrected chi connectivity index (χ3v) is 5.27. The van der Waals surface area contributed by atoms with Crippen molar-refractivity contribution >= 4 is 5.91 Å². The molecule has 2 aromatic rings. The number of nitrogens with one attached hydrogen (secondary N) is 1. The second-order valence-corrected chi connectivity index (χ2v) is 7.29. The van der Waals surface area contributed by atoms with Crippen LogP contribution < -0.4 is 5.32 Å². The number of halogens is 5. The van der Waals surface area contributed by atoms with Gasteiger partial charge in [0.05, 0.1) is 24.8 Å². The predicted molar refractivity (Wildman–Crippen MR) is 104 cm³/mol. The van der Waals surface area contributed by atoms with Gasteiger partial charge in [0.15, 0.2) is 0 Å². The van der Waals surface area contributed by atoms with Gasteiger partial charge in [-0.05, 0) is 36.2 Å². The molecule has 168 valence electrons. The maximum Gasteiger partial charge on any atom is 0.416 e. The maximum atomic E-state index is 13.7. The van der Waals surface area contributed by atoms with E-state index < -0.39 is 29.3 Å². The molecule has 0 spiro atoms. The molecule has 0 radical (unpaired) electrons. The van der Waals surface area contributed by atoms with Crippen LogP contribution >= 0.6 is 0 Å². The van der Waals surface area contributed by atoms with Gasteiger partial charge in [0, 0.05) is 31.6 Å². The lowest BCUT2D eigenvalue weighted by Gasteiger charge is -2.35. The van der Waals surface area contributed by atoms with E-state index in [0.29, 0.717) is 31.9 Å². The van der Waals surface area contributed by atoms with Crippen LogP contribution in [0.25, 0.3) is 0 Å². The van der Waals surface area contributed by atoms with Crippen LogP contribution in [0.2, 0.25) is 0 Å². The topological polar surface area (TPSA) is 41.6 Å². The van der Waals surface area contributed by atoms with Gasteiger partial charge in [0.2, 0.25) is 5.91 Å². The molecule has 1 unspecified atom stereocenters. The normalized spacial score (nSPS) is 16.2. The van der Waals surface area contributed by atoms with Gasteiger partial charge in [-0.3, -0.25) is 9.69 Å². The quantitative estimate of drug-likeness (QED) is 0.657. The monoisotopic (exact) mass is 442 g/mol. The standard InChI is InChI=1S/C22H23F5N2O2/c23-18-2-1-3-19(24)17(18)8-9-21(30)28-14-20(29-10-12-31-13-11-29)15-4-6-16(7-5-15)22(25,26)27/h1-7,20H,8-14H2,(H,28,30). The summed E-state index contributed by atoms with van der Waals surface area (Å²) >= 11 is 0. The molecule has 31 heavy (non-hydrogen) atoms. The molecule has 0 saturated carbocycles. The molecular weight excluding hydrogens is 419 g/mol. The Balaban J connectivity index is 1.65. The molecule has 3 rings (SSSR count). The number of ether oxygens (including phenoxy) is 1. The number of nitrogens with zero attached hydrogens (tertiary/aromatic N) is 1. The molecule has 0 bridgehead atoms. The fraction of sp³-hybridized carbons (Fsp3) is 0.409. The van der Waals surface area contributed by atoms with Crippen LogP contribution in [0.15, 0.2) is 42.5 Å². The van der Waals surface area contributed by atoms with Gasteiger partial charge in [-0.2, -0.15) is 13.2 Å². The van der Waals surface area contributed by atoms with Crippen LogP contribution in [0.4, 0.5) is 22.0 Å². The zero-order valence-electron chi connectivity index (χ0n) is 16.7. The van der Waals surface area contributed by atoms with E-state index in [4.69, 9.17) is 4.74 Å². The Morgan fingerprint density at radius 2 is 1.65 bits per heavy atom. The van der Waals surface area contributed by atoms with Crippen molar-refractivity contribution in [1.82, 2.24) is 10.2 Å². The van der Waals surface area contributed by atoms with Crippen molar-refractivity contribution in [3.63, 3.8) is 0 Å². The first-order chi connectivity index (χ1) is 14.8. The fourth-order valence-corrected chi connectivity index (χ4v) is 3.55. The number of hydrogen-bond acceptors (Lipinski definition) is 3. The molecule has 1 atom stereocenters. The van der Waals surface area contributed by atoms with E-state index in [-0.39, 0.29) is 31.0 Å². The molecule has 1 N–H and O–H groups in total. The third kappa shape index (κ3) is 6.24. The summed E-state index contributed by atoms with van der Waals surface area (Å²) in [6.45, 7) is 2.27. The molecule has 2 aromatic carbocycles. The summed E-state index contributed by atoms with van der Waals surface area (Å²) in [6.07, 6.45) is -4.63. The number of carbonyl (C=O) groups excluding carboxylic acids is 1. The summed E-state index contributed by atoms with van der Waals surface area (Å²) < 4.78 is 71.4. The second-order valence-electron chi connectivity index (χ2n) is 7.29. The average Bonchev–Trinajstić information content (AvgIpc) is 2.74. The molecule has 4 nitrogen and oxygen atoms in total. The zero-order valence-corrected chi connectivity index (χ0v) is 16.7. The van der Waals surface area contributed by atoms with Gasteiger partial charge in [-0.25, -0.2) is 8.78 Å². The molecule has 9 heteroatoms. The van der Waals surface area contributed by atoms with Crippen LogP contribution in [0.1, 0.15) is 29.2 Å². The Labute approximate surface area is 177 Å². The Morgan fingerprint density at radius 3 is 2.23 bits per heavy atom. The number of alkyl halides is 3. The van der Waals surface area contributed by atoms with Crippen molar-refractivity contribution in [2.45, 2.75) is 25.1 Å². The van der Waals surface area contributed by atoms with Gasteiger partial charge < -0.3 is 10.1 Å². The molecule has 0 aromatic heterocycles. The summed E-state index contributed by atoms with van der Waals surface area (Å²) in [7, 11) is 0. The summed E-state index contributed by atoms with van der Waals surface area (Å²) in [6, 6.07) is 8.03. The Hall–Kier alpha value is -2.52. The lowest BCUT2D eigenvalue weighted by atomic mass is 10.0. The van der Waals surface area contributed by atoms with Crippen LogP contribution in [0.3, 0.4) is 0 Å². The van der Waals surface area contributed by atoms with Crippen molar-refractivity contribution in [2.75, 3.05) is 32.8 Å². The van der Waals surface area contributed by atoms with Gasteiger partial charge in [-0.15, -0.1) is 0 Å². The Bertz CT molecular complexity index is 860. The van der Waals surface area contributed by atoms with E-state index in [1.807, 2.05) is 4.90 Å². The number of carbonyl (C=O) groups is 1. The number of benzene rings is 2. The lowest BCUT2D eigenvalue weighted by Crippen LogP contribution is -2.43. The van der Waals surface area contributed by atoms with E-state index in [0.717, 1.165) is 24.3 Å².